The van der Waals surface area contributed by atoms with E-state index in [4.69, 9.17) is 10.2 Å². The molecule has 2 N–H and O–H groups in total. The van der Waals surface area contributed by atoms with Gasteiger partial charge in [-0.25, -0.2) is 0 Å². The number of unbranched alkanes of at least 4 members (excludes halogenated alkanes) is 30. The molecule has 0 aromatic rings. The van der Waals surface area contributed by atoms with Gasteiger partial charge in [0.2, 0.25) is 0 Å². The number of hydrogen-bond acceptors (Lipinski definition) is 6. The van der Waals surface area contributed by atoms with Crippen molar-refractivity contribution in [3.05, 3.63) is 0 Å². The van der Waals surface area contributed by atoms with Crippen molar-refractivity contribution in [2.45, 2.75) is 298 Å². The average molecular weight is 875 g/mol. The van der Waals surface area contributed by atoms with Crippen molar-refractivity contribution < 1.29 is 51.7 Å². The summed E-state index contributed by atoms with van der Waals surface area (Å²) in [6, 6.07) is 0. The Morgan fingerprint density at radius 2 is 0.525 bits per heavy atom. The predicted octanol–water partition coefficient (Wildman–Crippen LogP) is 14.4. The van der Waals surface area contributed by atoms with E-state index in [0.717, 1.165) is 38.5 Å². The van der Waals surface area contributed by atoms with Gasteiger partial charge in [0.25, 0.3) is 0 Å². The summed E-state index contributed by atoms with van der Waals surface area (Å²) >= 11 is 0. The summed E-state index contributed by atoms with van der Waals surface area (Å²) in [7, 11) is 0. The Hall–Kier alpha value is -0.426. The second kappa shape index (κ2) is 64.2. The summed E-state index contributed by atoms with van der Waals surface area (Å²) < 4.78 is 0. The standard InChI is InChI=1S/2C18H36O2.2C8H18O.Ti/c2*1-2-3-4-5-6-7-8-9-10-11-12-13-14-15-16-17-18(19)20;2*1-3-5-6-8(4-2)7-9;/h2*2-17H2,1H3,(H,19,20);2*8-9H,3-7H2,1-2H3;/q;;;;+2/p-2. The van der Waals surface area contributed by atoms with Crippen LogP contribution in [0.25, 0.3) is 0 Å². The van der Waals surface area contributed by atoms with E-state index in [-0.39, 0.29) is 34.6 Å². The molecule has 0 rings (SSSR count). The molecule has 2 atom stereocenters. The van der Waals surface area contributed by atoms with Crippen LogP contribution in [-0.4, -0.2) is 35.4 Å². The Kier molecular flexibility index (Phi) is 73.6. The van der Waals surface area contributed by atoms with Crippen LogP contribution < -0.4 is 10.2 Å². The first-order valence-corrected chi connectivity index (χ1v) is 25.8. The Morgan fingerprint density at radius 3 is 0.678 bits per heavy atom. The smallest absolute Gasteiger partial charge is 0.550 e. The molecule has 0 saturated heterocycles. The first-order valence-electron chi connectivity index (χ1n) is 25.8. The molecule has 0 aromatic carbocycles. The molecular formula is C52H106O6Ti. The molecule has 0 aliphatic heterocycles. The number of carbonyl (C=O) groups excluding carboxylic acids is 2. The summed E-state index contributed by atoms with van der Waals surface area (Å²) in [6.45, 7) is 13.9. The molecule has 0 fully saturated rings. The van der Waals surface area contributed by atoms with E-state index in [2.05, 4.69) is 41.5 Å². The van der Waals surface area contributed by atoms with Gasteiger partial charge in [-0.05, 0) is 50.4 Å². The van der Waals surface area contributed by atoms with Gasteiger partial charge >= 0.3 is 21.7 Å². The zero-order valence-corrected chi connectivity index (χ0v) is 42.4. The molecule has 0 saturated carbocycles. The summed E-state index contributed by atoms with van der Waals surface area (Å²) in [5, 5.41) is 37.9. The molecule has 0 heterocycles. The molecule has 0 bridgehead atoms. The fraction of sp³-hybridized carbons (Fsp3) is 0.962. The number of carboxylic acids is 2. The van der Waals surface area contributed by atoms with Crippen LogP contribution in [-0.2, 0) is 31.3 Å². The van der Waals surface area contributed by atoms with Gasteiger partial charge in [0.05, 0.1) is 0 Å². The number of aliphatic hydroxyl groups is 2. The van der Waals surface area contributed by atoms with Crippen LogP contribution >= 0.6 is 0 Å². The minimum atomic E-state index is -0.903. The van der Waals surface area contributed by atoms with Gasteiger partial charge in [-0.1, -0.05) is 260 Å². The zero-order valence-electron chi connectivity index (χ0n) is 40.9. The molecule has 0 radical (unpaired) electrons. The van der Waals surface area contributed by atoms with E-state index in [1.54, 1.807) is 0 Å². The van der Waals surface area contributed by atoms with Crippen molar-refractivity contribution in [2.24, 2.45) is 11.8 Å². The van der Waals surface area contributed by atoms with Crippen molar-refractivity contribution in [2.75, 3.05) is 13.2 Å². The minimum Gasteiger partial charge on any atom is -0.550 e. The van der Waals surface area contributed by atoms with Crippen LogP contribution in [0.15, 0.2) is 0 Å². The van der Waals surface area contributed by atoms with Crippen LogP contribution in [0.1, 0.15) is 298 Å². The monoisotopic (exact) mass is 875 g/mol. The first kappa shape index (κ1) is 67.6. The van der Waals surface area contributed by atoms with Crippen molar-refractivity contribution in [1.82, 2.24) is 0 Å². The van der Waals surface area contributed by atoms with Crippen molar-refractivity contribution in [3.63, 3.8) is 0 Å². The number of rotatable bonds is 42. The number of aliphatic carboxylic acids is 2. The molecule has 354 valence electrons. The van der Waals surface area contributed by atoms with Gasteiger partial charge < -0.3 is 30.0 Å². The number of carboxylic acid groups (broad SMARTS) is 2. The fourth-order valence-electron chi connectivity index (χ4n) is 7.12. The summed E-state index contributed by atoms with van der Waals surface area (Å²) in [4.78, 5) is 20.4. The van der Waals surface area contributed by atoms with Gasteiger partial charge in [0.1, 0.15) is 0 Å². The minimum absolute atomic E-state index is 0. The Bertz CT molecular complexity index is 668. The molecule has 0 amide bonds. The van der Waals surface area contributed by atoms with E-state index in [1.807, 2.05) is 0 Å². The molecule has 6 nitrogen and oxygen atoms in total. The molecule has 2 unspecified atom stereocenters. The third-order valence-corrected chi connectivity index (χ3v) is 11.6. The van der Waals surface area contributed by atoms with Crippen LogP contribution in [0, 0.1) is 11.8 Å². The average Bonchev–Trinajstić information content (AvgIpc) is 3.22. The normalized spacial score (nSPS) is 11.5. The van der Waals surface area contributed by atoms with Gasteiger partial charge in [0.15, 0.2) is 0 Å². The number of aliphatic hydroxyl groups excluding tert-OH is 2. The molecule has 59 heavy (non-hydrogen) atoms. The molecule has 0 aliphatic carbocycles. The van der Waals surface area contributed by atoms with E-state index < -0.39 is 11.9 Å². The summed E-state index contributed by atoms with van der Waals surface area (Å²) in [6.07, 6.45) is 49.4. The third-order valence-electron chi connectivity index (χ3n) is 11.6. The molecule has 0 aromatic heterocycles. The second-order valence-electron chi connectivity index (χ2n) is 17.3. The Balaban J connectivity index is -0.000000233. The molecular weight excluding hydrogens is 768 g/mol. The Morgan fingerprint density at radius 1 is 0.339 bits per heavy atom. The second-order valence-corrected chi connectivity index (χ2v) is 17.3. The van der Waals surface area contributed by atoms with Crippen LogP contribution in [0.3, 0.4) is 0 Å². The molecule has 0 spiro atoms. The maximum atomic E-state index is 10.2. The zero-order chi connectivity index (χ0) is 44.0. The van der Waals surface area contributed by atoms with Crippen LogP contribution in [0.5, 0.6) is 0 Å². The fourth-order valence-corrected chi connectivity index (χ4v) is 7.12. The quantitative estimate of drug-likeness (QED) is 0.0465. The largest absolute Gasteiger partial charge is 2.00 e. The molecule has 0 aliphatic rings. The number of hydrogen-bond donors (Lipinski definition) is 2. The van der Waals surface area contributed by atoms with Gasteiger partial charge in [0, 0.05) is 25.2 Å². The number of carbonyl (C=O) groups is 2. The van der Waals surface area contributed by atoms with E-state index in [9.17, 15) is 19.8 Å². The first-order chi connectivity index (χ1) is 28.2. The maximum Gasteiger partial charge on any atom is 2.00 e. The van der Waals surface area contributed by atoms with Gasteiger partial charge in [-0.3, -0.25) is 0 Å². The SMILES string of the molecule is CCCCC(CC)CO.CCCCC(CC)CO.CCCCCCCCCCCCCCCCCC(=O)[O-].CCCCCCCCCCCCCCCCCC(=O)[O-].[Ti+2]. The van der Waals surface area contributed by atoms with Crippen molar-refractivity contribution in [1.29, 1.82) is 0 Å². The maximum absolute atomic E-state index is 10.2. The van der Waals surface area contributed by atoms with Gasteiger partial charge in [-0.15, -0.1) is 0 Å². The van der Waals surface area contributed by atoms with E-state index >= 15 is 0 Å². The van der Waals surface area contributed by atoms with E-state index in [0.29, 0.717) is 25.0 Å². The topological polar surface area (TPSA) is 121 Å². The summed E-state index contributed by atoms with van der Waals surface area (Å²) in [5.41, 5.74) is 0. The van der Waals surface area contributed by atoms with Crippen molar-refractivity contribution in [3.8, 4) is 0 Å². The summed E-state index contributed by atoms with van der Waals surface area (Å²) in [5.74, 6) is -0.686. The van der Waals surface area contributed by atoms with Gasteiger partial charge in [-0.2, -0.15) is 0 Å². The Labute approximate surface area is 385 Å². The predicted molar refractivity (Wildman–Crippen MR) is 250 cm³/mol. The van der Waals surface area contributed by atoms with Crippen molar-refractivity contribution >= 4 is 11.9 Å². The van der Waals surface area contributed by atoms with Crippen LogP contribution in [0.2, 0.25) is 0 Å². The van der Waals surface area contributed by atoms with E-state index in [1.165, 1.54) is 205 Å². The molecule has 7 heteroatoms. The van der Waals surface area contributed by atoms with Crippen LogP contribution in [0.4, 0.5) is 0 Å². The third kappa shape index (κ3) is 72.4.